The van der Waals surface area contributed by atoms with Crippen LogP contribution in [0.1, 0.15) is 72.6 Å². The van der Waals surface area contributed by atoms with Gasteiger partial charge in [0.2, 0.25) is 0 Å². The zero-order valence-corrected chi connectivity index (χ0v) is 13.7. The third kappa shape index (κ3) is 5.48. The van der Waals surface area contributed by atoms with Gasteiger partial charge < -0.3 is 0 Å². The van der Waals surface area contributed by atoms with Crippen molar-refractivity contribution in [3.8, 4) is 0 Å². The predicted octanol–water partition coefficient (Wildman–Crippen LogP) is 5.77. The van der Waals surface area contributed by atoms with Crippen LogP contribution in [0.4, 0.5) is 0 Å². The third-order valence-corrected chi connectivity index (χ3v) is 4.21. The van der Waals surface area contributed by atoms with Crippen molar-refractivity contribution in [3.05, 3.63) is 35.5 Å². The van der Waals surface area contributed by atoms with Gasteiger partial charge in [-0.15, -0.1) is 0 Å². The monoisotopic (exact) mass is 274 g/mol. The van der Waals surface area contributed by atoms with E-state index < -0.39 is 0 Å². The molecule has 0 atom stereocenters. The van der Waals surface area contributed by atoms with Gasteiger partial charge in [0.15, 0.2) is 5.78 Å². The molecule has 20 heavy (non-hydrogen) atoms. The lowest BCUT2D eigenvalue weighted by Gasteiger charge is -2.32. The predicted molar refractivity (Wildman–Crippen MR) is 87.8 cm³/mol. The van der Waals surface area contributed by atoms with Crippen LogP contribution in [0.2, 0.25) is 0 Å². The second kappa shape index (κ2) is 8.24. The molecule has 0 spiro atoms. The second-order valence-corrected chi connectivity index (χ2v) is 6.57. The molecule has 0 heterocycles. The van der Waals surface area contributed by atoms with E-state index in [1.54, 1.807) is 12.2 Å². The maximum Gasteiger partial charge on any atom is 0.178 e. The fraction of sp³-hybridized carbons (Fsp3) is 0.632. The number of unbranched alkanes of at least 4 members (excludes halogenated alkanes) is 3. The quantitative estimate of drug-likeness (QED) is 0.425. The van der Waals surface area contributed by atoms with E-state index in [0.717, 1.165) is 6.42 Å². The lowest BCUT2D eigenvalue weighted by Crippen LogP contribution is -2.19. The topological polar surface area (TPSA) is 17.1 Å². The normalized spacial score (nSPS) is 19.2. The summed E-state index contributed by atoms with van der Waals surface area (Å²) in [5, 5.41) is 0. The van der Waals surface area contributed by atoms with Gasteiger partial charge in [-0.05, 0) is 62.2 Å². The number of ketones is 1. The molecule has 0 radical (unpaired) electrons. The van der Waals surface area contributed by atoms with Crippen LogP contribution in [0.15, 0.2) is 35.5 Å². The summed E-state index contributed by atoms with van der Waals surface area (Å²) in [6, 6.07) is 0. The molecule has 0 aliphatic heterocycles. The third-order valence-electron chi connectivity index (χ3n) is 4.21. The van der Waals surface area contributed by atoms with E-state index in [4.69, 9.17) is 0 Å². The molecule has 0 unspecified atom stereocenters. The van der Waals surface area contributed by atoms with Crippen molar-refractivity contribution in [1.29, 1.82) is 0 Å². The minimum Gasteiger partial charge on any atom is -0.290 e. The van der Waals surface area contributed by atoms with E-state index in [-0.39, 0.29) is 11.2 Å². The molecule has 0 N–H and O–H groups in total. The van der Waals surface area contributed by atoms with Gasteiger partial charge in [-0.3, -0.25) is 4.79 Å². The van der Waals surface area contributed by atoms with Crippen molar-refractivity contribution in [2.75, 3.05) is 0 Å². The Morgan fingerprint density at radius 1 is 1.25 bits per heavy atom. The molecule has 1 rings (SSSR count). The SMILES string of the molecule is CCCCC/C=C/C(=O)/C=C/C1=C(C)CCCC1(C)C. The number of allylic oxidation sites excluding steroid dienone is 6. The van der Waals surface area contributed by atoms with Gasteiger partial charge in [0.05, 0.1) is 0 Å². The molecule has 112 valence electrons. The Morgan fingerprint density at radius 3 is 2.65 bits per heavy atom. The summed E-state index contributed by atoms with van der Waals surface area (Å²) in [6.07, 6.45) is 15.8. The van der Waals surface area contributed by atoms with Gasteiger partial charge in [-0.1, -0.05) is 51.3 Å². The highest BCUT2D eigenvalue weighted by Gasteiger charge is 2.26. The molecule has 0 fully saturated rings. The number of carbonyl (C=O) groups excluding carboxylic acids is 1. The summed E-state index contributed by atoms with van der Waals surface area (Å²) in [4.78, 5) is 11.8. The van der Waals surface area contributed by atoms with Gasteiger partial charge in [-0.25, -0.2) is 0 Å². The van der Waals surface area contributed by atoms with Gasteiger partial charge in [-0.2, -0.15) is 0 Å². The van der Waals surface area contributed by atoms with Crippen LogP contribution in [0, 0.1) is 5.41 Å². The first kappa shape index (κ1) is 16.9. The summed E-state index contributed by atoms with van der Waals surface area (Å²) >= 11 is 0. The Balaban J connectivity index is 2.56. The standard InChI is InChI=1S/C19H30O/c1-5-6-7-8-9-12-17(20)13-14-18-16(2)11-10-15-19(18,3)4/h9,12-14H,5-8,10-11,15H2,1-4H3/b12-9+,14-13+. The first-order valence-electron chi connectivity index (χ1n) is 8.06. The van der Waals surface area contributed by atoms with Crippen molar-refractivity contribution in [2.24, 2.45) is 5.41 Å². The van der Waals surface area contributed by atoms with Crippen LogP contribution in [-0.4, -0.2) is 5.78 Å². The van der Waals surface area contributed by atoms with Gasteiger partial charge >= 0.3 is 0 Å². The number of hydrogen-bond donors (Lipinski definition) is 0. The number of hydrogen-bond acceptors (Lipinski definition) is 1. The summed E-state index contributed by atoms with van der Waals surface area (Å²) in [5.41, 5.74) is 3.01. The van der Waals surface area contributed by atoms with Crippen LogP contribution < -0.4 is 0 Å². The van der Waals surface area contributed by atoms with Crippen molar-refractivity contribution >= 4 is 5.78 Å². The molecule has 1 heteroatoms. The van der Waals surface area contributed by atoms with Crippen LogP contribution >= 0.6 is 0 Å². The summed E-state index contributed by atoms with van der Waals surface area (Å²) in [7, 11) is 0. The molecule has 0 bridgehead atoms. The molecule has 1 aliphatic carbocycles. The van der Waals surface area contributed by atoms with E-state index in [0.29, 0.717) is 0 Å². The summed E-state index contributed by atoms with van der Waals surface area (Å²) in [5.74, 6) is 0.114. The molecule has 0 aromatic heterocycles. The Kier molecular flexibility index (Phi) is 6.98. The van der Waals surface area contributed by atoms with E-state index in [2.05, 4.69) is 27.7 Å². The van der Waals surface area contributed by atoms with E-state index in [1.807, 2.05) is 12.2 Å². The molecule has 1 aliphatic rings. The van der Waals surface area contributed by atoms with Crippen molar-refractivity contribution in [2.45, 2.75) is 72.6 Å². The maximum absolute atomic E-state index is 11.8. The highest BCUT2D eigenvalue weighted by Crippen LogP contribution is 2.40. The second-order valence-electron chi connectivity index (χ2n) is 6.57. The van der Waals surface area contributed by atoms with E-state index in [9.17, 15) is 4.79 Å². The van der Waals surface area contributed by atoms with Crippen LogP contribution in [-0.2, 0) is 4.79 Å². The van der Waals surface area contributed by atoms with E-state index >= 15 is 0 Å². The molecule has 0 aromatic rings. The highest BCUT2D eigenvalue weighted by atomic mass is 16.1. The van der Waals surface area contributed by atoms with Gasteiger partial charge in [0.1, 0.15) is 0 Å². The largest absolute Gasteiger partial charge is 0.290 e. The molecular formula is C19H30O. The van der Waals surface area contributed by atoms with E-state index in [1.165, 1.54) is 49.7 Å². The van der Waals surface area contributed by atoms with Gasteiger partial charge in [0.25, 0.3) is 0 Å². The molecule has 0 amide bonds. The Labute approximate surface area is 124 Å². The molecule has 0 saturated carbocycles. The van der Waals surface area contributed by atoms with Crippen LogP contribution in [0.5, 0.6) is 0 Å². The molecule has 0 aromatic carbocycles. The number of carbonyl (C=O) groups is 1. The molecule has 1 nitrogen and oxygen atoms in total. The maximum atomic E-state index is 11.8. The minimum atomic E-state index is 0.114. The smallest absolute Gasteiger partial charge is 0.178 e. The Bertz CT molecular complexity index is 407. The van der Waals surface area contributed by atoms with Gasteiger partial charge in [0, 0.05) is 0 Å². The average molecular weight is 274 g/mol. The Hall–Kier alpha value is -1.11. The lowest BCUT2D eigenvalue weighted by molar-refractivity contribution is -0.110. The molecular weight excluding hydrogens is 244 g/mol. The first-order chi connectivity index (χ1) is 9.47. The average Bonchev–Trinajstić information content (AvgIpc) is 2.37. The number of rotatable bonds is 7. The van der Waals surface area contributed by atoms with Crippen LogP contribution in [0.25, 0.3) is 0 Å². The highest BCUT2D eigenvalue weighted by molar-refractivity contribution is 5.99. The zero-order chi connectivity index (χ0) is 15.0. The zero-order valence-electron chi connectivity index (χ0n) is 13.7. The van der Waals surface area contributed by atoms with Crippen molar-refractivity contribution < 1.29 is 4.79 Å². The minimum absolute atomic E-state index is 0.114. The fourth-order valence-corrected chi connectivity index (χ4v) is 2.94. The van der Waals surface area contributed by atoms with Crippen molar-refractivity contribution in [1.82, 2.24) is 0 Å². The molecule has 0 saturated heterocycles. The summed E-state index contributed by atoms with van der Waals surface area (Å²) in [6.45, 7) is 8.95. The fourth-order valence-electron chi connectivity index (χ4n) is 2.94. The lowest BCUT2D eigenvalue weighted by atomic mass is 9.72. The van der Waals surface area contributed by atoms with Crippen LogP contribution in [0.3, 0.4) is 0 Å². The first-order valence-corrected chi connectivity index (χ1v) is 8.06. The van der Waals surface area contributed by atoms with Crippen molar-refractivity contribution in [3.63, 3.8) is 0 Å². The summed E-state index contributed by atoms with van der Waals surface area (Å²) < 4.78 is 0. The Morgan fingerprint density at radius 2 is 2.00 bits per heavy atom.